The first-order chi connectivity index (χ1) is 14.9. The van der Waals surface area contributed by atoms with Crippen molar-refractivity contribution in [3.05, 3.63) is 82.5 Å². The molecule has 3 aromatic rings. The van der Waals surface area contributed by atoms with Crippen molar-refractivity contribution < 1.29 is 9.18 Å². The topological polar surface area (TPSA) is 87.8 Å². The van der Waals surface area contributed by atoms with Gasteiger partial charge in [-0.1, -0.05) is 24.3 Å². The smallest absolute Gasteiger partial charge is 0.251 e. The molecular formula is C24H23FN4O2. The van der Waals surface area contributed by atoms with Gasteiger partial charge in [0, 0.05) is 25.2 Å². The van der Waals surface area contributed by atoms with Gasteiger partial charge in [0.25, 0.3) is 5.91 Å². The molecule has 1 aliphatic carbocycles. The molecule has 0 unspecified atom stereocenters. The zero-order valence-corrected chi connectivity index (χ0v) is 17.1. The summed E-state index contributed by atoms with van der Waals surface area (Å²) in [4.78, 5) is 25.7. The second-order valence-corrected chi connectivity index (χ2v) is 7.83. The highest BCUT2D eigenvalue weighted by Gasteiger charge is 2.24. The number of amides is 1. The van der Waals surface area contributed by atoms with Crippen LogP contribution in [0.4, 0.5) is 21.5 Å². The number of anilines is 2. The van der Waals surface area contributed by atoms with Crippen LogP contribution < -0.4 is 16.0 Å². The standard InChI is InChI=1S/C24H23FN4O2/c1-29(14-15-5-7-19(25)8-6-15)22-13-18(12-21(28-31)23(22)26)16-3-2-4-17(11-16)24(30)27-20-9-10-20/h2-8,11-13,20H,9-10,14,26H2,1H3,(H,27,30). The van der Waals surface area contributed by atoms with E-state index in [0.717, 1.165) is 29.5 Å². The van der Waals surface area contributed by atoms with E-state index >= 15 is 0 Å². The Morgan fingerprint density at radius 2 is 1.87 bits per heavy atom. The van der Waals surface area contributed by atoms with Gasteiger partial charge in [-0.3, -0.25) is 4.79 Å². The molecule has 7 heteroatoms. The van der Waals surface area contributed by atoms with Crippen molar-refractivity contribution in [3.63, 3.8) is 0 Å². The summed E-state index contributed by atoms with van der Waals surface area (Å²) >= 11 is 0. The molecule has 1 saturated carbocycles. The maximum absolute atomic E-state index is 13.2. The number of nitrogens with two attached hydrogens (primary N) is 1. The number of nitrogen functional groups attached to an aromatic ring is 1. The number of rotatable bonds is 7. The molecule has 0 spiro atoms. The average molecular weight is 418 g/mol. The maximum Gasteiger partial charge on any atom is 0.251 e. The monoisotopic (exact) mass is 418 g/mol. The molecule has 31 heavy (non-hydrogen) atoms. The van der Waals surface area contributed by atoms with Crippen LogP contribution in [0.1, 0.15) is 28.8 Å². The highest BCUT2D eigenvalue weighted by Crippen LogP contribution is 2.38. The minimum Gasteiger partial charge on any atom is -0.395 e. The van der Waals surface area contributed by atoms with Gasteiger partial charge in [0.1, 0.15) is 11.5 Å². The molecule has 3 aromatic carbocycles. The molecule has 1 fully saturated rings. The quantitative estimate of drug-likeness (QED) is 0.417. The molecule has 0 aromatic heterocycles. The Hall–Kier alpha value is -3.74. The summed E-state index contributed by atoms with van der Waals surface area (Å²) in [5.41, 5.74) is 10.2. The number of nitrogens with one attached hydrogen (secondary N) is 1. The van der Waals surface area contributed by atoms with Crippen molar-refractivity contribution in [2.75, 3.05) is 17.7 Å². The summed E-state index contributed by atoms with van der Waals surface area (Å²) in [6.07, 6.45) is 2.03. The van der Waals surface area contributed by atoms with Crippen molar-refractivity contribution >= 4 is 23.0 Å². The van der Waals surface area contributed by atoms with E-state index in [1.807, 2.05) is 30.1 Å². The van der Waals surface area contributed by atoms with Crippen LogP contribution in [0.15, 0.2) is 65.8 Å². The van der Waals surface area contributed by atoms with Gasteiger partial charge in [0.15, 0.2) is 0 Å². The van der Waals surface area contributed by atoms with Crippen LogP contribution in [0.25, 0.3) is 11.1 Å². The van der Waals surface area contributed by atoms with Crippen LogP contribution in [0.5, 0.6) is 0 Å². The molecular weight excluding hydrogens is 395 g/mol. The van der Waals surface area contributed by atoms with Crippen LogP contribution >= 0.6 is 0 Å². The Kier molecular flexibility index (Phi) is 5.66. The van der Waals surface area contributed by atoms with Crippen LogP contribution in [0.2, 0.25) is 0 Å². The molecule has 158 valence electrons. The van der Waals surface area contributed by atoms with Crippen molar-refractivity contribution in [2.45, 2.75) is 25.4 Å². The first-order valence-electron chi connectivity index (χ1n) is 10.1. The molecule has 4 rings (SSSR count). The third kappa shape index (κ3) is 4.71. The van der Waals surface area contributed by atoms with Crippen LogP contribution in [0, 0.1) is 10.7 Å². The molecule has 1 amide bonds. The first kappa shape index (κ1) is 20.5. The van der Waals surface area contributed by atoms with Gasteiger partial charge in [0.05, 0.1) is 11.4 Å². The average Bonchev–Trinajstić information content (AvgIpc) is 3.59. The number of halogens is 1. The summed E-state index contributed by atoms with van der Waals surface area (Å²) < 4.78 is 13.2. The Morgan fingerprint density at radius 1 is 1.13 bits per heavy atom. The number of hydrogen-bond donors (Lipinski definition) is 2. The minimum absolute atomic E-state index is 0.109. The third-order valence-electron chi connectivity index (χ3n) is 5.35. The van der Waals surface area contributed by atoms with E-state index in [4.69, 9.17) is 5.73 Å². The molecule has 3 N–H and O–H groups in total. The second-order valence-electron chi connectivity index (χ2n) is 7.83. The Morgan fingerprint density at radius 3 is 2.55 bits per heavy atom. The predicted octanol–water partition coefficient (Wildman–Crippen LogP) is 5.00. The summed E-state index contributed by atoms with van der Waals surface area (Å²) in [6.45, 7) is 0.468. The SMILES string of the molecule is CN(Cc1ccc(F)cc1)c1cc(-c2cccc(C(=O)NC3CC3)c2)cc(N=O)c1N. The van der Waals surface area contributed by atoms with E-state index < -0.39 is 0 Å². The summed E-state index contributed by atoms with van der Waals surface area (Å²) in [6, 6.07) is 17.2. The number of nitrogens with zero attached hydrogens (tertiary/aromatic N) is 2. The van der Waals surface area contributed by atoms with Gasteiger partial charge in [-0.15, -0.1) is 4.91 Å². The lowest BCUT2D eigenvalue weighted by molar-refractivity contribution is 0.0951. The number of carbonyl (C=O) groups excluding carboxylic acids is 1. The Labute approximate surface area is 179 Å². The summed E-state index contributed by atoms with van der Waals surface area (Å²) in [7, 11) is 1.84. The Balaban J connectivity index is 1.66. The van der Waals surface area contributed by atoms with E-state index in [9.17, 15) is 14.1 Å². The van der Waals surface area contributed by atoms with E-state index in [0.29, 0.717) is 17.8 Å². The third-order valence-corrected chi connectivity index (χ3v) is 5.35. The lowest BCUT2D eigenvalue weighted by Crippen LogP contribution is -2.25. The van der Waals surface area contributed by atoms with Crippen LogP contribution in [-0.2, 0) is 6.54 Å². The normalized spacial score (nSPS) is 13.0. The fraction of sp³-hybridized carbons (Fsp3) is 0.208. The summed E-state index contributed by atoms with van der Waals surface area (Å²) in [5.74, 6) is -0.409. The number of nitroso groups, excluding NO2 is 1. The van der Waals surface area contributed by atoms with Crippen molar-refractivity contribution in [3.8, 4) is 11.1 Å². The molecule has 0 aliphatic heterocycles. The fourth-order valence-corrected chi connectivity index (χ4v) is 3.47. The van der Waals surface area contributed by atoms with Crippen molar-refractivity contribution in [1.82, 2.24) is 5.32 Å². The maximum atomic E-state index is 13.2. The van der Waals surface area contributed by atoms with Gasteiger partial charge >= 0.3 is 0 Å². The molecule has 0 heterocycles. The van der Waals surface area contributed by atoms with Crippen molar-refractivity contribution in [2.24, 2.45) is 5.18 Å². The molecule has 6 nitrogen and oxygen atoms in total. The largest absolute Gasteiger partial charge is 0.395 e. The van der Waals surface area contributed by atoms with E-state index in [1.165, 1.54) is 12.1 Å². The highest BCUT2D eigenvalue weighted by molar-refractivity contribution is 5.96. The van der Waals surface area contributed by atoms with E-state index in [2.05, 4.69) is 10.5 Å². The van der Waals surface area contributed by atoms with Gasteiger partial charge in [-0.05, 0) is 71.1 Å². The lowest BCUT2D eigenvalue weighted by atomic mass is 10.00. The second kappa shape index (κ2) is 8.55. The van der Waals surface area contributed by atoms with E-state index in [1.54, 1.807) is 30.3 Å². The molecule has 0 saturated heterocycles. The number of carbonyl (C=O) groups is 1. The first-order valence-corrected chi connectivity index (χ1v) is 10.1. The molecule has 0 bridgehead atoms. The minimum atomic E-state index is -0.300. The number of hydrogen-bond acceptors (Lipinski definition) is 5. The van der Waals surface area contributed by atoms with Gasteiger partial charge < -0.3 is 16.0 Å². The zero-order valence-electron chi connectivity index (χ0n) is 17.1. The zero-order chi connectivity index (χ0) is 22.0. The Bertz CT molecular complexity index is 1130. The molecule has 0 atom stereocenters. The van der Waals surface area contributed by atoms with Gasteiger partial charge in [0.2, 0.25) is 0 Å². The van der Waals surface area contributed by atoms with E-state index in [-0.39, 0.29) is 29.1 Å². The van der Waals surface area contributed by atoms with Gasteiger partial charge in [-0.2, -0.15) is 0 Å². The van der Waals surface area contributed by atoms with Crippen molar-refractivity contribution in [1.29, 1.82) is 0 Å². The molecule has 1 aliphatic rings. The van der Waals surface area contributed by atoms with Gasteiger partial charge in [-0.25, -0.2) is 4.39 Å². The summed E-state index contributed by atoms with van der Waals surface area (Å²) in [5, 5.41) is 6.07. The lowest BCUT2D eigenvalue weighted by Gasteiger charge is -2.23. The predicted molar refractivity (Wildman–Crippen MR) is 121 cm³/mol. The fourth-order valence-electron chi connectivity index (χ4n) is 3.47. The number of benzene rings is 3. The molecule has 0 radical (unpaired) electrons. The highest BCUT2D eigenvalue weighted by atomic mass is 19.1. The van der Waals surface area contributed by atoms with Crippen LogP contribution in [-0.4, -0.2) is 19.0 Å². The van der Waals surface area contributed by atoms with Crippen LogP contribution in [0.3, 0.4) is 0 Å².